The van der Waals surface area contributed by atoms with Crippen molar-refractivity contribution < 1.29 is 18.7 Å². The number of rotatable bonds is 4. The smallest absolute Gasteiger partial charge is 0.410 e. The lowest BCUT2D eigenvalue weighted by atomic mass is 9.84. The molecule has 2 saturated heterocycles. The zero-order chi connectivity index (χ0) is 20.4. The summed E-state index contributed by atoms with van der Waals surface area (Å²) in [4.78, 5) is 27.3. The second kappa shape index (κ2) is 8.04. The van der Waals surface area contributed by atoms with E-state index in [1.165, 1.54) is 12.1 Å². The van der Waals surface area contributed by atoms with Gasteiger partial charge in [-0.15, -0.1) is 0 Å². The highest BCUT2D eigenvalue weighted by atomic mass is 19.1. The van der Waals surface area contributed by atoms with E-state index in [0.717, 1.165) is 24.5 Å². The predicted molar refractivity (Wildman–Crippen MR) is 103 cm³/mol. The van der Waals surface area contributed by atoms with Crippen LogP contribution in [-0.2, 0) is 11.3 Å². The van der Waals surface area contributed by atoms with Crippen LogP contribution in [0.2, 0.25) is 0 Å². The van der Waals surface area contributed by atoms with E-state index in [1.54, 1.807) is 4.90 Å². The van der Waals surface area contributed by atoms with Crippen molar-refractivity contribution in [2.45, 2.75) is 44.4 Å². The summed E-state index contributed by atoms with van der Waals surface area (Å²) < 4.78 is 19.7. The predicted octanol–water partition coefficient (Wildman–Crippen LogP) is 4.46. The molecular formula is C23H21FN2O3. The van der Waals surface area contributed by atoms with Crippen molar-refractivity contribution in [3.63, 3.8) is 0 Å². The second-order valence-corrected chi connectivity index (χ2v) is 7.67. The molecular weight excluding hydrogens is 371 g/mol. The molecule has 6 heteroatoms. The average molecular weight is 392 g/mol. The van der Waals surface area contributed by atoms with Crippen molar-refractivity contribution in [1.82, 2.24) is 4.90 Å². The molecule has 2 heterocycles. The van der Waals surface area contributed by atoms with Crippen LogP contribution in [0.1, 0.15) is 47.2 Å². The molecule has 0 aromatic heterocycles. The first-order valence-electron chi connectivity index (χ1n) is 9.79. The van der Waals surface area contributed by atoms with Gasteiger partial charge in [-0.1, -0.05) is 30.3 Å². The minimum Gasteiger partial charge on any atom is -0.445 e. The summed E-state index contributed by atoms with van der Waals surface area (Å²) >= 11 is 0. The number of amides is 1. The van der Waals surface area contributed by atoms with Crippen molar-refractivity contribution in [2.24, 2.45) is 5.92 Å². The van der Waals surface area contributed by atoms with Crippen molar-refractivity contribution >= 4 is 11.9 Å². The van der Waals surface area contributed by atoms with Gasteiger partial charge in [-0.05, 0) is 49.4 Å². The number of hydrogen-bond acceptors (Lipinski definition) is 4. The fourth-order valence-electron chi connectivity index (χ4n) is 4.49. The van der Waals surface area contributed by atoms with Gasteiger partial charge in [0.2, 0.25) is 0 Å². The van der Waals surface area contributed by atoms with Crippen molar-refractivity contribution in [3.8, 4) is 6.07 Å². The lowest BCUT2D eigenvalue weighted by Crippen LogP contribution is -2.48. The van der Waals surface area contributed by atoms with E-state index in [0.29, 0.717) is 12.8 Å². The van der Waals surface area contributed by atoms with E-state index in [1.807, 2.05) is 36.4 Å². The van der Waals surface area contributed by atoms with Crippen LogP contribution in [0.25, 0.3) is 0 Å². The van der Waals surface area contributed by atoms with Crippen LogP contribution in [0.4, 0.5) is 9.18 Å². The van der Waals surface area contributed by atoms with Gasteiger partial charge in [-0.2, -0.15) is 5.26 Å². The summed E-state index contributed by atoms with van der Waals surface area (Å²) in [6.45, 7) is 0.212. The molecule has 2 aromatic carbocycles. The minimum atomic E-state index is -0.606. The average Bonchev–Trinajstić information content (AvgIpc) is 3.02. The molecule has 0 aliphatic carbocycles. The third-order valence-corrected chi connectivity index (χ3v) is 5.88. The normalized spacial score (nSPS) is 22.8. The molecule has 0 radical (unpaired) electrons. The van der Waals surface area contributed by atoms with Crippen LogP contribution >= 0.6 is 0 Å². The molecule has 2 aliphatic heterocycles. The van der Waals surface area contributed by atoms with Gasteiger partial charge in [0.15, 0.2) is 5.78 Å². The number of carbonyl (C=O) groups excluding carboxylic acids is 2. The molecule has 0 spiro atoms. The topological polar surface area (TPSA) is 70.4 Å². The van der Waals surface area contributed by atoms with E-state index in [9.17, 15) is 14.0 Å². The largest absolute Gasteiger partial charge is 0.445 e. The maximum atomic E-state index is 14.2. The summed E-state index contributed by atoms with van der Waals surface area (Å²) in [6.07, 6.45) is 2.26. The summed E-state index contributed by atoms with van der Waals surface area (Å²) in [5.74, 6) is -1.24. The SMILES string of the molecule is N#Cc1ccc(F)c(C(=O)C2CC3CCC(C2)N3C(=O)OCc2ccccc2)c1. The molecule has 2 aliphatic rings. The summed E-state index contributed by atoms with van der Waals surface area (Å²) in [5, 5.41) is 9.03. The Morgan fingerprint density at radius 1 is 1.10 bits per heavy atom. The maximum absolute atomic E-state index is 14.2. The number of nitrogens with zero attached hydrogens (tertiary/aromatic N) is 2. The fraction of sp³-hybridized carbons (Fsp3) is 0.348. The van der Waals surface area contributed by atoms with Gasteiger partial charge >= 0.3 is 6.09 Å². The maximum Gasteiger partial charge on any atom is 0.410 e. The van der Waals surface area contributed by atoms with Gasteiger partial charge in [-0.25, -0.2) is 9.18 Å². The Morgan fingerprint density at radius 2 is 1.79 bits per heavy atom. The van der Waals surface area contributed by atoms with Crippen LogP contribution in [0, 0.1) is 23.1 Å². The molecule has 148 valence electrons. The quantitative estimate of drug-likeness (QED) is 0.721. The van der Waals surface area contributed by atoms with Gasteiger partial charge in [0.05, 0.1) is 17.2 Å². The van der Waals surface area contributed by atoms with Crippen LogP contribution in [0.5, 0.6) is 0 Å². The number of halogens is 1. The lowest BCUT2D eigenvalue weighted by Gasteiger charge is -2.37. The van der Waals surface area contributed by atoms with Crippen molar-refractivity contribution in [3.05, 3.63) is 71.0 Å². The number of piperidine rings is 1. The zero-order valence-electron chi connectivity index (χ0n) is 15.9. The number of ketones is 1. The number of nitriles is 1. The molecule has 0 saturated carbocycles. The second-order valence-electron chi connectivity index (χ2n) is 7.67. The Kier molecular flexibility index (Phi) is 5.30. The monoisotopic (exact) mass is 392 g/mol. The molecule has 2 unspecified atom stereocenters. The Morgan fingerprint density at radius 3 is 2.45 bits per heavy atom. The molecule has 0 N–H and O–H groups in total. The highest BCUT2D eigenvalue weighted by Gasteiger charge is 2.46. The highest BCUT2D eigenvalue weighted by Crippen LogP contribution is 2.40. The van der Waals surface area contributed by atoms with Gasteiger partial charge in [0, 0.05) is 18.0 Å². The molecule has 29 heavy (non-hydrogen) atoms. The molecule has 2 bridgehead atoms. The molecule has 2 aromatic rings. The first-order valence-corrected chi connectivity index (χ1v) is 9.79. The summed E-state index contributed by atoms with van der Waals surface area (Å²) in [7, 11) is 0. The molecule has 5 nitrogen and oxygen atoms in total. The first-order chi connectivity index (χ1) is 14.1. The number of carbonyl (C=O) groups is 2. The van der Waals surface area contributed by atoms with Gasteiger partial charge in [0.1, 0.15) is 12.4 Å². The van der Waals surface area contributed by atoms with E-state index in [-0.39, 0.29) is 47.6 Å². The third-order valence-electron chi connectivity index (χ3n) is 5.88. The first kappa shape index (κ1) is 19.1. The van der Waals surface area contributed by atoms with Crippen molar-refractivity contribution in [1.29, 1.82) is 5.26 Å². The molecule has 1 amide bonds. The molecule has 2 fully saturated rings. The highest BCUT2D eigenvalue weighted by molar-refractivity contribution is 5.98. The number of benzene rings is 2. The van der Waals surface area contributed by atoms with Gasteiger partial charge in [-0.3, -0.25) is 4.79 Å². The van der Waals surface area contributed by atoms with E-state index in [4.69, 9.17) is 10.00 Å². The Bertz CT molecular complexity index is 956. The summed E-state index contributed by atoms with van der Waals surface area (Å²) in [5.41, 5.74) is 1.15. The van der Waals surface area contributed by atoms with Crippen LogP contribution in [0.3, 0.4) is 0 Å². The van der Waals surface area contributed by atoms with E-state index < -0.39 is 5.82 Å². The summed E-state index contributed by atoms with van der Waals surface area (Å²) in [6, 6.07) is 15.1. The van der Waals surface area contributed by atoms with Crippen LogP contribution in [0.15, 0.2) is 48.5 Å². The van der Waals surface area contributed by atoms with E-state index >= 15 is 0 Å². The van der Waals surface area contributed by atoms with E-state index in [2.05, 4.69) is 0 Å². The van der Waals surface area contributed by atoms with Crippen LogP contribution in [-0.4, -0.2) is 28.9 Å². The third kappa shape index (κ3) is 3.86. The van der Waals surface area contributed by atoms with Crippen LogP contribution < -0.4 is 0 Å². The number of Topliss-reactive ketones (excluding diaryl/α,β-unsaturated/α-hetero) is 1. The standard InChI is InChI=1S/C23H21FN2O3/c24-21-9-6-16(13-25)10-20(21)22(27)17-11-18-7-8-19(12-17)26(18)23(28)29-14-15-4-2-1-3-5-15/h1-6,9-10,17-19H,7-8,11-12,14H2. The van der Waals surface area contributed by atoms with Gasteiger partial charge < -0.3 is 9.64 Å². The molecule has 4 rings (SSSR count). The minimum absolute atomic E-state index is 0.0337. The molecule has 2 atom stereocenters. The lowest BCUT2D eigenvalue weighted by molar-refractivity contribution is 0.0483. The van der Waals surface area contributed by atoms with Gasteiger partial charge in [0.25, 0.3) is 0 Å². The Balaban J connectivity index is 1.43. The fourth-order valence-corrected chi connectivity index (χ4v) is 4.49. The zero-order valence-corrected chi connectivity index (χ0v) is 15.9. The Labute approximate surface area is 168 Å². The number of fused-ring (bicyclic) bond motifs is 2. The Hall–Kier alpha value is -3.20. The number of hydrogen-bond donors (Lipinski definition) is 0. The van der Waals surface area contributed by atoms with Crippen molar-refractivity contribution in [2.75, 3.05) is 0 Å². The number of ether oxygens (including phenoxy) is 1.